The van der Waals surface area contributed by atoms with E-state index in [4.69, 9.17) is 14.8 Å². The second-order valence-electron chi connectivity index (χ2n) is 6.44. The molecule has 6 heteroatoms. The molecule has 0 atom stereocenters. The fraction of sp³-hybridized carbons (Fsp3) is 0.706. The van der Waals surface area contributed by atoms with E-state index in [1.807, 2.05) is 11.7 Å². The van der Waals surface area contributed by atoms with Gasteiger partial charge in [0.05, 0.1) is 5.69 Å². The molecule has 2 aromatic rings. The normalized spacial score (nSPS) is 16.1. The van der Waals surface area contributed by atoms with Crippen molar-refractivity contribution in [2.75, 3.05) is 13.2 Å². The van der Waals surface area contributed by atoms with Crippen molar-refractivity contribution in [2.45, 2.75) is 58.4 Å². The summed E-state index contributed by atoms with van der Waals surface area (Å²) in [6.45, 7) is 6.86. The molecule has 6 nitrogen and oxygen atoms in total. The van der Waals surface area contributed by atoms with Gasteiger partial charge in [-0.05, 0) is 26.2 Å². The molecular weight excluding hydrogens is 290 g/mol. The number of unbranched alkanes of at least 4 members (excludes halogenated alkanes) is 1. The molecule has 0 aromatic carbocycles. The molecule has 23 heavy (non-hydrogen) atoms. The number of ether oxygens (including phenoxy) is 1. The lowest BCUT2D eigenvalue weighted by atomic mass is 10.00. The molecule has 1 fully saturated rings. The standard InChI is InChI=1S/C17H27N5O/c1-4-5-8-22-16(11-15-12-21(3)19-13(15)2)18-17(20-22)14-6-9-23-10-7-14/h12,14H,4-11H2,1-3H3. The van der Waals surface area contributed by atoms with Crippen LogP contribution in [0.1, 0.15) is 61.4 Å². The van der Waals surface area contributed by atoms with Gasteiger partial charge < -0.3 is 4.74 Å². The Bertz CT molecular complexity index is 639. The maximum atomic E-state index is 5.46. The summed E-state index contributed by atoms with van der Waals surface area (Å²) in [6.07, 6.45) is 7.25. The molecule has 0 bridgehead atoms. The van der Waals surface area contributed by atoms with Crippen LogP contribution in [0.5, 0.6) is 0 Å². The molecule has 0 unspecified atom stereocenters. The summed E-state index contributed by atoms with van der Waals surface area (Å²) in [5.74, 6) is 2.51. The molecular formula is C17H27N5O. The first kappa shape index (κ1) is 16.2. The predicted molar refractivity (Wildman–Crippen MR) is 88.5 cm³/mol. The third-order valence-electron chi connectivity index (χ3n) is 4.54. The Labute approximate surface area is 137 Å². The van der Waals surface area contributed by atoms with Gasteiger partial charge in [-0.25, -0.2) is 9.67 Å². The zero-order valence-electron chi connectivity index (χ0n) is 14.5. The Balaban J connectivity index is 1.83. The maximum absolute atomic E-state index is 5.46. The second-order valence-corrected chi connectivity index (χ2v) is 6.44. The van der Waals surface area contributed by atoms with Gasteiger partial charge in [0.15, 0.2) is 5.82 Å². The van der Waals surface area contributed by atoms with Gasteiger partial charge in [-0.2, -0.15) is 10.2 Å². The van der Waals surface area contributed by atoms with Crippen molar-refractivity contribution in [3.05, 3.63) is 29.1 Å². The number of hydrogen-bond acceptors (Lipinski definition) is 4. The molecule has 1 aliphatic rings. The average molecular weight is 317 g/mol. The van der Waals surface area contributed by atoms with Crippen molar-refractivity contribution in [2.24, 2.45) is 7.05 Å². The second kappa shape index (κ2) is 7.25. The molecule has 1 saturated heterocycles. The Morgan fingerprint density at radius 3 is 2.70 bits per heavy atom. The topological polar surface area (TPSA) is 57.8 Å². The van der Waals surface area contributed by atoms with Crippen LogP contribution in [0, 0.1) is 6.92 Å². The van der Waals surface area contributed by atoms with E-state index in [1.165, 1.54) is 5.56 Å². The first-order valence-corrected chi connectivity index (χ1v) is 8.68. The molecule has 126 valence electrons. The lowest BCUT2D eigenvalue weighted by Gasteiger charge is -2.18. The van der Waals surface area contributed by atoms with Gasteiger partial charge in [0.25, 0.3) is 0 Å². The van der Waals surface area contributed by atoms with Gasteiger partial charge in [-0.15, -0.1) is 0 Å². The summed E-state index contributed by atoms with van der Waals surface area (Å²) in [5, 5.41) is 9.27. The van der Waals surface area contributed by atoms with Gasteiger partial charge >= 0.3 is 0 Å². The zero-order chi connectivity index (χ0) is 16.2. The Morgan fingerprint density at radius 2 is 2.04 bits per heavy atom. The van der Waals surface area contributed by atoms with E-state index in [2.05, 4.69) is 29.8 Å². The van der Waals surface area contributed by atoms with Crippen LogP contribution in [-0.2, 0) is 24.8 Å². The quantitative estimate of drug-likeness (QED) is 0.822. The number of aromatic nitrogens is 5. The maximum Gasteiger partial charge on any atom is 0.154 e. The molecule has 0 radical (unpaired) electrons. The van der Waals surface area contributed by atoms with Crippen molar-refractivity contribution in [1.29, 1.82) is 0 Å². The lowest BCUT2D eigenvalue weighted by molar-refractivity contribution is 0.0835. The largest absolute Gasteiger partial charge is 0.381 e. The van der Waals surface area contributed by atoms with Crippen LogP contribution in [-0.4, -0.2) is 37.8 Å². The highest BCUT2D eigenvalue weighted by molar-refractivity contribution is 5.20. The fourth-order valence-electron chi connectivity index (χ4n) is 3.13. The minimum atomic E-state index is 0.445. The van der Waals surface area contributed by atoms with E-state index < -0.39 is 0 Å². The fourth-order valence-corrected chi connectivity index (χ4v) is 3.13. The molecule has 1 aliphatic heterocycles. The summed E-state index contributed by atoms with van der Waals surface area (Å²) in [6, 6.07) is 0. The van der Waals surface area contributed by atoms with Crippen molar-refractivity contribution in [1.82, 2.24) is 24.5 Å². The highest BCUT2D eigenvalue weighted by atomic mass is 16.5. The minimum absolute atomic E-state index is 0.445. The number of aryl methyl sites for hydroxylation is 3. The highest BCUT2D eigenvalue weighted by Crippen LogP contribution is 2.25. The summed E-state index contributed by atoms with van der Waals surface area (Å²) < 4.78 is 9.45. The minimum Gasteiger partial charge on any atom is -0.381 e. The van der Waals surface area contributed by atoms with Gasteiger partial charge in [0, 0.05) is 50.9 Å². The van der Waals surface area contributed by atoms with Crippen LogP contribution in [0.25, 0.3) is 0 Å². The van der Waals surface area contributed by atoms with Crippen molar-refractivity contribution >= 4 is 0 Å². The SMILES string of the molecule is CCCCn1nc(C2CCOCC2)nc1Cc1cn(C)nc1C. The van der Waals surface area contributed by atoms with Crippen LogP contribution < -0.4 is 0 Å². The highest BCUT2D eigenvalue weighted by Gasteiger charge is 2.22. The van der Waals surface area contributed by atoms with Gasteiger partial charge in [0.1, 0.15) is 5.82 Å². The van der Waals surface area contributed by atoms with Crippen LogP contribution in [0.3, 0.4) is 0 Å². The van der Waals surface area contributed by atoms with Crippen molar-refractivity contribution in [3.63, 3.8) is 0 Å². The van der Waals surface area contributed by atoms with Crippen molar-refractivity contribution in [3.8, 4) is 0 Å². The number of hydrogen-bond donors (Lipinski definition) is 0. The molecule has 0 aliphatic carbocycles. The summed E-state index contributed by atoms with van der Waals surface area (Å²) >= 11 is 0. The van der Waals surface area contributed by atoms with Gasteiger partial charge in [0.2, 0.25) is 0 Å². The third kappa shape index (κ3) is 3.80. The van der Waals surface area contributed by atoms with Crippen LogP contribution in [0.4, 0.5) is 0 Å². The molecule has 3 heterocycles. The van der Waals surface area contributed by atoms with Crippen LogP contribution >= 0.6 is 0 Å². The average Bonchev–Trinajstić information content (AvgIpc) is 3.10. The predicted octanol–water partition coefficient (Wildman–Crippen LogP) is 2.60. The first-order chi connectivity index (χ1) is 11.2. The number of rotatable bonds is 6. The number of nitrogens with zero attached hydrogens (tertiary/aromatic N) is 5. The van der Waals surface area contributed by atoms with E-state index in [0.717, 1.165) is 69.2 Å². The van der Waals surface area contributed by atoms with E-state index >= 15 is 0 Å². The van der Waals surface area contributed by atoms with Gasteiger partial charge in [-0.3, -0.25) is 4.68 Å². The lowest BCUT2D eigenvalue weighted by Crippen LogP contribution is -2.15. The molecule has 0 spiro atoms. The molecule has 0 saturated carbocycles. The summed E-state index contributed by atoms with van der Waals surface area (Å²) in [4.78, 5) is 4.89. The van der Waals surface area contributed by atoms with E-state index in [9.17, 15) is 0 Å². The molecule has 0 N–H and O–H groups in total. The zero-order valence-corrected chi connectivity index (χ0v) is 14.5. The third-order valence-corrected chi connectivity index (χ3v) is 4.54. The van der Waals surface area contributed by atoms with Crippen LogP contribution in [0.15, 0.2) is 6.20 Å². The van der Waals surface area contributed by atoms with Crippen molar-refractivity contribution < 1.29 is 4.74 Å². The molecule has 3 rings (SSSR count). The monoisotopic (exact) mass is 317 g/mol. The summed E-state index contributed by atoms with van der Waals surface area (Å²) in [5.41, 5.74) is 2.31. The van der Waals surface area contributed by atoms with E-state index in [1.54, 1.807) is 0 Å². The summed E-state index contributed by atoms with van der Waals surface area (Å²) in [7, 11) is 1.96. The Morgan fingerprint density at radius 1 is 1.26 bits per heavy atom. The van der Waals surface area contributed by atoms with E-state index in [-0.39, 0.29) is 0 Å². The van der Waals surface area contributed by atoms with Crippen LogP contribution in [0.2, 0.25) is 0 Å². The molecule has 0 amide bonds. The molecule has 2 aromatic heterocycles. The van der Waals surface area contributed by atoms with E-state index in [0.29, 0.717) is 5.92 Å². The Hall–Kier alpha value is -1.69. The first-order valence-electron chi connectivity index (χ1n) is 8.68. The van der Waals surface area contributed by atoms with Gasteiger partial charge in [-0.1, -0.05) is 13.3 Å². The Kier molecular flexibility index (Phi) is 5.10. The smallest absolute Gasteiger partial charge is 0.154 e.